The van der Waals surface area contributed by atoms with Gasteiger partial charge in [0.05, 0.1) is 24.1 Å². The molecule has 1 aromatic carbocycles. The molecule has 0 amide bonds. The third kappa shape index (κ3) is 2.51. The lowest BCUT2D eigenvalue weighted by molar-refractivity contribution is -0.184. The van der Waals surface area contributed by atoms with Crippen molar-refractivity contribution in [2.45, 2.75) is 25.2 Å². The van der Waals surface area contributed by atoms with E-state index in [2.05, 4.69) is 10.1 Å². The fourth-order valence-corrected chi connectivity index (χ4v) is 2.45. The molecule has 0 fully saturated rings. The molecular weight excluding hydrogens is 288 g/mol. The molecule has 0 saturated carbocycles. The summed E-state index contributed by atoms with van der Waals surface area (Å²) in [5.74, 6) is -1.77. The number of benzene rings is 1. The normalized spacial score (nSPS) is 22.1. The van der Waals surface area contributed by atoms with Crippen LogP contribution in [0, 0.1) is 11.7 Å². The maximum absolute atomic E-state index is 13.7. The zero-order chi connectivity index (χ0) is 15.2. The molecule has 1 aliphatic heterocycles. The number of fused-ring (bicyclic) bond motifs is 1. The van der Waals surface area contributed by atoms with E-state index in [-0.39, 0.29) is 30.2 Å². The molecule has 1 aromatic heterocycles. The van der Waals surface area contributed by atoms with E-state index in [0.29, 0.717) is 0 Å². The van der Waals surface area contributed by atoms with E-state index in [4.69, 9.17) is 5.73 Å². The van der Waals surface area contributed by atoms with Gasteiger partial charge in [-0.25, -0.2) is 14.1 Å². The Morgan fingerprint density at radius 1 is 1.24 bits per heavy atom. The minimum Gasteiger partial charge on any atom is -0.321 e. The largest absolute Gasteiger partial charge is 0.393 e. The van der Waals surface area contributed by atoms with Gasteiger partial charge in [0, 0.05) is 0 Å². The summed E-state index contributed by atoms with van der Waals surface area (Å²) in [7, 11) is 0. The van der Waals surface area contributed by atoms with Crippen LogP contribution in [0.3, 0.4) is 0 Å². The first-order valence-corrected chi connectivity index (χ1v) is 6.38. The van der Waals surface area contributed by atoms with Crippen molar-refractivity contribution in [3.8, 4) is 11.4 Å². The number of aromatic nitrogens is 3. The highest BCUT2D eigenvalue weighted by atomic mass is 19.4. The number of hydrogen-bond acceptors (Lipinski definition) is 3. The van der Waals surface area contributed by atoms with Crippen LogP contribution in [0.25, 0.3) is 11.4 Å². The van der Waals surface area contributed by atoms with Gasteiger partial charge in [-0.1, -0.05) is 12.1 Å². The van der Waals surface area contributed by atoms with Gasteiger partial charge in [-0.3, -0.25) is 0 Å². The van der Waals surface area contributed by atoms with Gasteiger partial charge in [-0.2, -0.15) is 18.3 Å². The Morgan fingerprint density at radius 3 is 2.62 bits per heavy atom. The third-order valence-electron chi connectivity index (χ3n) is 3.54. The van der Waals surface area contributed by atoms with E-state index in [0.717, 1.165) is 4.68 Å². The molecule has 0 bridgehead atoms. The summed E-state index contributed by atoms with van der Waals surface area (Å²) in [4.78, 5) is 4.10. The van der Waals surface area contributed by atoms with Crippen LogP contribution >= 0.6 is 0 Å². The number of rotatable bonds is 1. The molecule has 2 atom stereocenters. The molecule has 0 radical (unpaired) electrons. The van der Waals surface area contributed by atoms with Crippen molar-refractivity contribution in [1.29, 1.82) is 0 Å². The Bertz CT molecular complexity index is 664. The van der Waals surface area contributed by atoms with Crippen molar-refractivity contribution < 1.29 is 17.6 Å². The number of nitrogens with zero attached hydrogens (tertiary/aromatic N) is 3. The fourth-order valence-electron chi connectivity index (χ4n) is 2.45. The number of hydrogen-bond donors (Lipinski definition) is 1. The van der Waals surface area contributed by atoms with Crippen LogP contribution < -0.4 is 5.73 Å². The summed E-state index contributed by atoms with van der Waals surface area (Å²) in [6, 6.07) is 4.98. The van der Waals surface area contributed by atoms with Gasteiger partial charge in [0.2, 0.25) is 0 Å². The van der Waals surface area contributed by atoms with Crippen LogP contribution in [0.15, 0.2) is 24.3 Å². The molecule has 112 valence electrons. The molecular formula is C13H12F4N4. The van der Waals surface area contributed by atoms with E-state index < -0.39 is 24.0 Å². The van der Waals surface area contributed by atoms with Crippen molar-refractivity contribution in [2.24, 2.45) is 11.7 Å². The zero-order valence-electron chi connectivity index (χ0n) is 10.8. The quantitative estimate of drug-likeness (QED) is 0.824. The Labute approximate surface area is 117 Å². The Hall–Kier alpha value is -1.96. The predicted octanol–water partition coefficient (Wildman–Crippen LogP) is 2.67. The van der Waals surface area contributed by atoms with Crippen LogP contribution in [0.1, 0.15) is 18.3 Å². The highest BCUT2D eigenvalue weighted by Crippen LogP contribution is 2.37. The molecule has 0 spiro atoms. The highest BCUT2D eigenvalue weighted by molar-refractivity contribution is 5.55. The average molecular weight is 300 g/mol. The first-order valence-electron chi connectivity index (χ1n) is 6.38. The number of alkyl halides is 3. The van der Waals surface area contributed by atoms with E-state index in [1.54, 1.807) is 6.07 Å². The molecule has 2 heterocycles. The second-order valence-electron chi connectivity index (χ2n) is 5.04. The fraction of sp³-hybridized carbons (Fsp3) is 0.385. The summed E-state index contributed by atoms with van der Waals surface area (Å²) in [6.07, 6.45) is -4.57. The van der Waals surface area contributed by atoms with E-state index in [1.807, 2.05) is 0 Å². The molecule has 2 unspecified atom stereocenters. The van der Waals surface area contributed by atoms with E-state index >= 15 is 0 Å². The molecule has 1 aliphatic rings. The van der Waals surface area contributed by atoms with Crippen LogP contribution in [-0.2, 0) is 6.54 Å². The van der Waals surface area contributed by atoms with Crippen LogP contribution in [0.4, 0.5) is 17.6 Å². The van der Waals surface area contributed by atoms with Gasteiger partial charge in [-0.15, -0.1) is 0 Å². The highest BCUT2D eigenvalue weighted by Gasteiger charge is 2.44. The zero-order valence-corrected chi connectivity index (χ0v) is 10.8. The maximum atomic E-state index is 13.7. The second-order valence-corrected chi connectivity index (χ2v) is 5.04. The lowest BCUT2D eigenvalue weighted by Gasteiger charge is -2.28. The minimum atomic E-state index is -4.33. The van der Waals surface area contributed by atoms with Crippen molar-refractivity contribution in [1.82, 2.24) is 14.8 Å². The molecule has 21 heavy (non-hydrogen) atoms. The van der Waals surface area contributed by atoms with E-state index in [9.17, 15) is 17.6 Å². The molecule has 0 aliphatic carbocycles. The maximum Gasteiger partial charge on any atom is 0.393 e. The standard InChI is InChI=1S/C13H12F4N4/c14-9-4-2-1-3-8(9)11-19-12-10(18)5-7(13(15,16)17)6-21(12)20-11/h1-4,7,10H,5-6,18H2. The van der Waals surface area contributed by atoms with Gasteiger partial charge >= 0.3 is 6.18 Å². The Kier molecular flexibility index (Phi) is 3.20. The summed E-state index contributed by atoms with van der Waals surface area (Å²) >= 11 is 0. The van der Waals surface area contributed by atoms with Gasteiger partial charge in [0.15, 0.2) is 5.82 Å². The lowest BCUT2D eigenvalue weighted by atomic mass is 9.96. The van der Waals surface area contributed by atoms with Gasteiger partial charge in [0.25, 0.3) is 0 Å². The van der Waals surface area contributed by atoms with Crippen LogP contribution in [-0.4, -0.2) is 20.9 Å². The SMILES string of the molecule is NC1CC(C(F)(F)F)Cn2nc(-c3ccccc3F)nc21. The predicted molar refractivity (Wildman–Crippen MR) is 66.5 cm³/mol. The molecule has 2 aromatic rings. The van der Waals surface area contributed by atoms with Crippen molar-refractivity contribution >= 4 is 0 Å². The van der Waals surface area contributed by atoms with Crippen molar-refractivity contribution in [3.63, 3.8) is 0 Å². The third-order valence-corrected chi connectivity index (χ3v) is 3.54. The summed E-state index contributed by atoms with van der Waals surface area (Å²) < 4.78 is 53.3. The number of halogens is 4. The van der Waals surface area contributed by atoms with E-state index in [1.165, 1.54) is 18.2 Å². The topological polar surface area (TPSA) is 56.7 Å². The van der Waals surface area contributed by atoms with Gasteiger partial charge in [0.1, 0.15) is 11.6 Å². The van der Waals surface area contributed by atoms with Crippen LogP contribution in [0.2, 0.25) is 0 Å². The first kappa shape index (κ1) is 14.0. The molecule has 4 nitrogen and oxygen atoms in total. The molecule has 8 heteroatoms. The van der Waals surface area contributed by atoms with Gasteiger partial charge < -0.3 is 5.73 Å². The van der Waals surface area contributed by atoms with Crippen molar-refractivity contribution in [3.05, 3.63) is 35.9 Å². The number of nitrogens with two attached hydrogens (primary N) is 1. The van der Waals surface area contributed by atoms with Crippen molar-refractivity contribution in [2.75, 3.05) is 0 Å². The Morgan fingerprint density at radius 2 is 1.95 bits per heavy atom. The monoisotopic (exact) mass is 300 g/mol. The summed E-state index contributed by atoms with van der Waals surface area (Å²) in [5, 5.41) is 3.98. The molecule has 2 N–H and O–H groups in total. The molecule has 3 rings (SSSR count). The Balaban J connectivity index is 1.99. The average Bonchev–Trinajstić information content (AvgIpc) is 2.82. The lowest BCUT2D eigenvalue weighted by Crippen LogP contribution is -2.37. The first-order chi connectivity index (χ1) is 9.86. The van der Waals surface area contributed by atoms with Gasteiger partial charge in [-0.05, 0) is 18.6 Å². The van der Waals surface area contributed by atoms with Crippen LogP contribution in [0.5, 0.6) is 0 Å². The molecule has 0 saturated heterocycles. The minimum absolute atomic E-state index is 0.0568. The summed E-state index contributed by atoms with van der Waals surface area (Å²) in [6.45, 7) is -0.339. The summed E-state index contributed by atoms with van der Waals surface area (Å²) in [5.41, 5.74) is 5.89. The second kappa shape index (κ2) is 4.80. The smallest absolute Gasteiger partial charge is 0.321 e.